The largest absolute Gasteiger partial charge is 0.378 e. The van der Waals surface area contributed by atoms with Gasteiger partial charge in [0.1, 0.15) is 11.5 Å². The van der Waals surface area contributed by atoms with E-state index in [-0.39, 0.29) is 41.1 Å². The van der Waals surface area contributed by atoms with Crippen molar-refractivity contribution in [1.29, 1.82) is 0 Å². The number of carbonyl (C=O) groups is 1. The van der Waals surface area contributed by atoms with E-state index in [1.54, 1.807) is 25.1 Å². The Labute approximate surface area is 190 Å². The summed E-state index contributed by atoms with van der Waals surface area (Å²) >= 11 is 0. The van der Waals surface area contributed by atoms with Crippen LogP contribution in [0.1, 0.15) is 21.7 Å². The number of rotatable bonds is 8. The number of aryl methyl sites for hydroxylation is 1. The highest BCUT2D eigenvalue weighted by Crippen LogP contribution is 2.27. The van der Waals surface area contributed by atoms with E-state index in [0.717, 1.165) is 23.7 Å². The number of anilines is 1. The first-order valence-corrected chi connectivity index (χ1v) is 11.8. The Kier molecular flexibility index (Phi) is 6.82. The molecule has 2 aromatic carbocycles. The molecular formula is C22H23FN4O5S. The first-order valence-electron chi connectivity index (χ1n) is 9.94. The van der Waals surface area contributed by atoms with Crippen LogP contribution in [0.4, 0.5) is 15.8 Å². The van der Waals surface area contributed by atoms with Crippen LogP contribution >= 0.6 is 0 Å². The normalized spacial score (nSPS) is 11.3. The number of benzene rings is 2. The van der Waals surface area contributed by atoms with Gasteiger partial charge in [0.05, 0.1) is 15.4 Å². The number of amides is 1. The van der Waals surface area contributed by atoms with Crippen LogP contribution in [0.15, 0.2) is 53.4 Å². The zero-order valence-electron chi connectivity index (χ0n) is 18.3. The topological polar surface area (TPSA) is 123 Å². The molecule has 0 aliphatic carbocycles. The maximum Gasteiger partial charge on any atom is 0.293 e. The van der Waals surface area contributed by atoms with Gasteiger partial charge >= 0.3 is 0 Å². The molecule has 0 bridgehead atoms. The summed E-state index contributed by atoms with van der Waals surface area (Å²) in [5, 5.41) is 16.9. The molecule has 0 aliphatic heterocycles. The Morgan fingerprint density at radius 3 is 2.36 bits per heavy atom. The van der Waals surface area contributed by atoms with Crippen molar-refractivity contribution in [3.63, 3.8) is 0 Å². The fourth-order valence-corrected chi connectivity index (χ4v) is 4.13. The SMILES string of the molecule is Cc1cc(C(=O)NCCNc2ccc(S(C)(=O)=O)cc2[N+](=O)[O-])c(C)n1-c1ccc(F)cc1. The number of sulfone groups is 1. The second kappa shape index (κ2) is 9.41. The van der Waals surface area contributed by atoms with Gasteiger partial charge in [-0.3, -0.25) is 14.9 Å². The number of carbonyl (C=O) groups excluding carboxylic acids is 1. The van der Waals surface area contributed by atoms with Crippen molar-refractivity contribution >= 4 is 27.1 Å². The van der Waals surface area contributed by atoms with E-state index >= 15 is 0 Å². The number of halogens is 1. The minimum Gasteiger partial charge on any atom is -0.378 e. The molecule has 1 aromatic heterocycles. The van der Waals surface area contributed by atoms with Gasteiger partial charge in [0.25, 0.3) is 11.6 Å². The molecule has 174 valence electrons. The Balaban J connectivity index is 1.67. The molecule has 9 nitrogen and oxygen atoms in total. The second-order valence-corrected chi connectivity index (χ2v) is 9.50. The molecule has 3 rings (SSSR count). The smallest absolute Gasteiger partial charge is 0.293 e. The minimum absolute atomic E-state index is 0.149. The fraction of sp³-hybridized carbons (Fsp3) is 0.227. The summed E-state index contributed by atoms with van der Waals surface area (Å²) in [4.78, 5) is 23.2. The molecule has 3 aromatic rings. The third-order valence-corrected chi connectivity index (χ3v) is 6.19. The molecule has 2 N–H and O–H groups in total. The highest BCUT2D eigenvalue weighted by molar-refractivity contribution is 7.90. The van der Waals surface area contributed by atoms with E-state index in [1.165, 1.54) is 24.3 Å². The maximum absolute atomic E-state index is 13.2. The summed E-state index contributed by atoms with van der Waals surface area (Å²) in [6.07, 6.45) is 0.974. The van der Waals surface area contributed by atoms with Crippen LogP contribution in [0, 0.1) is 29.8 Å². The van der Waals surface area contributed by atoms with E-state index in [1.807, 2.05) is 11.5 Å². The molecule has 1 amide bonds. The first kappa shape index (κ1) is 23.9. The van der Waals surface area contributed by atoms with Gasteiger partial charge in [-0.05, 0) is 56.3 Å². The van der Waals surface area contributed by atoms with Crippen molar-refractivity contribution in [1.82, 2.24) is 9.88 Å². The van der Waals surface area contributed by atoms with Crippen molar-refractivity contribution in [3.05, 3.63) is 81.4 Å². The molecule has 1 heterocycles. The lowest BCUT2D eigenvalue weighted by atomic mass is 10.2. The third kappa shape index (κ3) is 5.37. The number of nitrogens with one attached hydrogen (secondary N) is 2. The standard InChI is InChI=1S/C22H23FN4O5S/c1-14-12-19(15(2)26(14)17-6-4-16(23)5-7-17)22(28)25-11-10-24-20-9-8-18(33(3,31)32)13-21(20)27(29)30/h4-9,12-13,24H,10-11H2,1-3H3,(H,25,28). The van der Waals surface area contributed by atoms with Gasteiger partial charge in [-0.25, -0.2) is 12.8 Å². The number of hydrogen-bond donors (Lipinski definition) is 2. The number of nitro benzene ring substituents is 1. The van der Waals surface area contributed by atoms with Crippen molar-refractivity contribution in [2.75, 3.05) is 24.7 Å². The molecule has 0 spiro atoms. The van der Waals surface area contributed by atoms with Crippen molar-refractivity contribution in [2.24, 2.45) is 0 Å². The van der Waals surface area contributed by atoms with Crippen LogP contribution in [0.25, 0.3) is 5.69 Å². The van der Waals surface area contributed by atoms with Crippen LogP contribution in [0.2, 0.25) is 0 Å². The van der Waals surface area contributed by atoms with Gasteiger partial charge in [0.15, 0.2) is 9.84 Å². The molecule has 0 radical (unpaired) electrons. The number of nitrogens with zero attached hydrogens (tertiary/aromatic N) is 2. The van der Waals surface area contributed by atoms with Crippen molar-refractivity contribution < 1.29 is 22.5 Å². The van der Waals surface area contributed by atoms with E-state index < -0.39 is 14.8 Å². The monoisotopic (exact) mass is 474 g/mol. The van der Waals surface area contributed by atoms with Gasteiger partial charge in [0, 0.05) is 42.5 Å². The molecule has 0 saturated carbocycles. The van der Waals surface area contributed by atoms with E-state index in [4.69, 9.17) is 0 Å². The van der Waals surface area contributed by atoms with Crippen LogP contribution in [-0.2, 0) is 9.84 Å². The molecule has 0 aliphatic rings. The predicted molar refractivity (Wildman–Crippen MR) is 122 cm³/mol. The van der Waals surface area contributed by atoms with Crippen LogP contribution < -0.4 is 10.6 Å². The minimum atomic E-state index is -3.58. The van der Waals surface area contributed by atoms with Crippen molar-refractivity contribution in [2.45, 2.75) is 18.7 Å². The molecule has 0 fully saturated rings. The zero-order valence-corrected chi connectivity index (χ0v) is 19.1. The molecule has 33 heavy (non-hydrogen) atoms. The summed E-state index contributed by atoms with van der Waals surface area (Å²) in [5.41, 5.74) is 2.47. The fourth-order valence-electron chi connectivity index (χ4n) is 3.49. The predicted octanol–water partition coefficient (Wildman–Crippen LogP) is 3.39. The summed E-state index contributed by atoms with van der Waals surface area (Å²) in [5.74, 6) is -0.668. The molecular weight excluding hydrogens is 451 g/mol. The third-order valence-electron chi connectivity index (χ3n) is 5.08. The maximum atomic E-state index is 13.2. The Morgan fingerprint density at radius 2 is 1.76 bits per heavy atom. The van der Waals surface area contributed by atoms with Gasteiger partial charge < -0.3 is 15.2 Å². The molecule has 0 saturated heterocycles. The van der Waals surface area contributed by atoms with E-state index in [9.17, 15) is 27.7 Å². The summed E-state index contributed by atoms with van der Waals surface area (Å²) in [6, 6.07) is 11.3. The highest BCUT2D eigenvalue weighted by atomic mass is 32.2. The number of hydrogen-bond acceptors (Lipinski definition) is 6. The molecule has 0 atom stereocenters. The highest BCUT2D eigenvalue weighted by Gasteiger charge is 2.19. The van der Waals surface area contributed by atoms with E-state index in [2.05, 4.69) is 10.6 Å². The van der Waals surface area contributed by atoms with Crippen LogP contribution in [0.3, 0.4) is 0 Å². The van der Waals surface area contributed by atoms with E-state index in [0.29, 0.717) is 11.3 Å². The lowest BCUT2D eigenvalue weighted by Gasteiger charge is -2.11. The second-order valence-electron chi connectivity index (χ2n) is 7.49. The average molecular weight is 475 g/mol. The van der Waals surface area contributed by atoms with Gasteiger partial charge in [-0.15, -0.1) is 0 Å². The average Bonchev–Trinajstić information content (AvgIpc) is 3.05. The summed E-state index contributed by atoms with van der Waals surface area (Å²) < 4.78 is 38.4. The quantitative estimate of drug-likeness (QED) is 0.293. The van der Waals surface area contributed by atoms with Crippen LogP contribution in [-0.4, -0.2) is 43.2 Å². The summed E-state index contributed by atoms with van der Waals surface area (Å²) in [6.45, 7) is 3.98. The zero-order chi connectivity index (χ0) is 24.3. The number of aromatic nitrogens is 1. The van der Waals surface area contributed by atoms with Gasteiger partial charge in [0.2, 0.25) is 0 Å². The summed E-state index contributed by atoms with van der Waals surface area (Å²) in [7, 11) is -3.58. The Bertz CT molecular complexity index is 1320. The van der Waals surface area contributed by atoms with Gasteiger partial charge in [-0.2, -0.15) is 0 Å². The lowest BCUT2D eigenvalue weighted by Crippen LogP contribution is -2.29. The Morgan fingerprint density at radius 1 is 1.09 bits per heavy atom. The lowest BCUT2D eigenvalue weighted by molar-refractivity contribution is -0.384. The van der Waals surface area contributed by atoms with Crippen molar-refractivity contribution in [3.8, 4) is 5.69 Å². The van der Waals surface area contributed by atoms with Crippen LogP contribution in [0.5, 0.6) is 0 Å². The molecule has 11 heteroatoms. The Hall–Kier alpha value is -3.73. The van der Waals surface area contributed by atoms with Gasteiger partial charge in [-0.1, -0.05) is 0 Å². The number of nitro groups is 1. The first-order chi connectivity index (χ1) is 15.5. The molecule has 0 unspecified atom stereocenters.